The average Bonchev–Trinajstić information content (AvgIpc) is 2.98. The summed E-state index contributed by atoms with van der Waals surface area (Å²) in [5.74, 6) is -1.24. The zero-order valence-corrected chi connectivity index (χ0v) is 26.8. The number of carbonyl (C=O) groups is 2. The van der Waals surface area contributed by atoms with Crippen molar-refractivity contribution in [2.45, 2.75) is 65.3 Å². The van der Waals surface area contributed by atoms with Gasteiger partial charge in [-0.05, 0) is 74.7 Å². The number of aromatic nitrogens is 2. The Hall–Kier alpha value is -3.92. The van der Waals surface area contributed by atoms with E-state index in [9.17, 15) is 19.2 Å². The van der Waals surface area contributed by atoms with Crippen molar-refractivity contribution in [2.24, 2.45) is 7.05 Å². The molecule has 1 unspecified atom stereocenters. The number of fused-ring (bicyclic) bond motifs is 1. The SMILES string of the molecule is CCC(C)NCc1ccc2c(c1)c(=O)n(-c1ccc(C[C@H](NC(=O)c3c(Cl)cccc3Cl)C(=O)OC(C)C)cc1)c(=O)n2C. The third kappa shape index (κ3) is 7.41. The second-order valence-corrected chi connectivity index (χ2v) is 11.8. The van der Waals surface area contributed by atoms with Gasteiger partial charge in [-0.3, -0.25) is 14.2 Å². The van der Waals surface area contributed by atoms with Gasteiger partial charge in [0.1, 0.15) is 6.04 Å². The maximum absolute atomic E-state index is 13.6. The first-order valence-electron chi connectivity index (χ1n) is 14.4. The average molecular weight is 640 g/mol. The van der Waals surface area contributed by atoms with Crippen molar-refractivity contribution in [2.75, 3.05) is 0 Å². The summed E-state index contributed by atoms with van der Waals surface area (Å²) in [6.45, 7) is 8.22. The second-order valence-electron chi connectivity index (χ2n) is 11.0. The van der Waals surface area contributed by atoms with Crippen LogP contribution in [0.4, 0.5) is 0 Å². The molecule has 9 nitrogen and oxygen atoms in total. The summed E-state index contributed by atoms with van der Waals surface area (Å²) in [6, 6.07) is 16.1. The van der Waals surface area contributed by atoms with Crippen LogP contribution in [0.2, 0.25) is 10.0 Å². The van der Waals surface area contributed by atoms with Crippen molar-refractivity contribution in [3.63, 3.8) is 0 Å². The molecule has 1 aromatic heterocycles. The zero-order chi connectivity index (χ0) is 32.1. The molecule has 4 rings (SSSR count). The summed E-state index contributed by atoms with van der Waals surface area (Å²) < 4.78 is 7.97. The topological polar surface area (TPSA) is 111 Å². The molecule has 0 aliphatic carbocycles. The molecule has 0 saturated heterocycles. The molecule has 0 fully saturated rings. The van der Waals surface area contributed by atoms with Gasteiger partial charge in [0.2, 0.25) is 0 Å². The van der Waals surface area contributed by atoms with E-state index in [-0.39, 0.29) is 22.0 Å². The number of esters is 1. The summed E-state index contributed by atoms with van der Waals surface area (Å²) in [5.41, 5.74) is 1.66. The molecule has 4 aromatic rings. The van der Waals surface area contributed by atoms with Crippen molar-refractivity contribution in [3.8, 4) is 5.69 Å². The molecule has 0 spiro atoms. The van der Waals surface area contributed by atoms with Gasteiger partial charge in [0.25, 0.3) is 11.5 Å². The minimum atomic E-state index is -1.05. The van der Waals surface area contributed by atoms with Crippen molar-refractivity contribution in [1.82, 2.24) is 19.8 Å². The minimum Gasteiger partial charge on any atom is -0.461 e. The first kappa shape index (κ1) is 33.0. The van der Waals surface area contributed by atoms with E-state index in [0.717, 1.165) is 16.6 Å². The van der Waals surface area contributed by atoms with E-state index in [4.69, 9.17) is 27.9 Å². The minimum absolute atomic E-state index is 0.0545. The molecule has 1 amide bonds. The molecule has 0 bridgehead atoms. The van der Waals surface area contributed by atoms with Gasteiger partial charge in [-0.15, -0.1) is 0 Å². The second kappa shape index (κ2) is 14.2. The van der Waals surface area contributed by atoms with Crippen LogP contribution in [0.25, 0.3) is 16.6 Å². The lowest BCUT2D eigenvalue weighted by atomic mass is 10.0. The molecule has 2 atom stereocenters. The number of amides is 1. The number of nitrogens with one attached hydrogen (secondary N) is 2. The number of nitrogens with zero attached hydrogens (tertiary/aromatic N) is 2. The number of aryl methyl sites for hydroxylation is 1. The molecule has 0 aliphatic rings. The quantitative estimate of drug-likeness (QED) is 0.219. The zero-order valence-electron chi connectivity index (χ0n) is 25.3. The van der Waals surface area contributed by atoms with E-state index >= 15 is 0 Å². The first-order chi connectivity index (χ1) is 20.9. The highest BCUT2D eigenvalue weighted by Gasteiger charge is 2.26. The van der Waals surface area contributed by atoms with Gasteiger partial charge < -0.3 is 15.4 Å². The highest BCUT2D eigenvalue weighted by atomic mass is 35.5. The first-order valence-corrected chi connectivity index (χ1v) is 15.2. The Balaban J connectivity index is 1.64. The van der Waals surface area contributed by atoms with Crippen LogP contribution in [0, 0.1) is 0 Å². The molecule has 0 radical (unpaired) electrons. The largest absolute Gasteiger partial charge is 0.461 e. The number of carbonyl (C=O) groups excluding carboxylic acids is 2. The number of rotatable bonds is 11. The highest BCUT2D eigenvalue weighted by Crippen LogP contribution is 2.24. The fraction of sp³-hybridized carbons (Fsp3) is 0.333. The number of hydrogen-bond acceptors (Lipinski definition) is 6. The summed E-state index contributed by atoms with van der Waals surface area (Å²) >= 11 is 12.4. The third-order valence-corrected chi connectivity index (χ3v) is 8.00. The number of hydrogen-bond donors (Lipinski definition) is 2. The Bertz CT molecular complexity index is 1780. The maximum Gasteiger partial charge on any atom is 0.335 e. The van der Waals surface area contributed by atoms with Crippen LogP contribution in [0.15, 0.2) is 70.3 Å². The van der Waals surface area contributed by atoms with Crippen LogP contribution >= 0.6 is 23.2 Å². The number of benzene rings is 3. The monoisotopic (exact) mass is 638 g/mol. The molecule has 1 heterocycles. The van der Waals surface area contributed by atoms with Gasteiger partial charge >= 0.3 is 11.7 Å². The molecular weight excluding hydrogens is 603 g/mol. The van der Waals surface area contributed by atoms with Crippen LogP contribution in [0.5, 0.6) is 0 Å². The van der Waals surface area contributed by atoms with Gasteiger partial charge in [-0.2, -0.15) is 0 Å². The van der Waals surface area contributed by atoms with Crippen molar-refractivity contribution < 1.29 is 14.3 Å². The van der Waals surface area contributed by atoms with Crippen LogP contribution in [0.1, 0.15) is 55.6 Å². The molecule has 0 saturated carbocycles. The van der Waals surface area contributed by atoms with Crippen molar-refractivity contribution in [3.05, 3.63) is 108 Å². The van der Waals surface area contributed by atoms with Gasteiger partial charge in [-0.25, -0.2) is 14.2 Å². The van der Waals surface area contributed by atoms with Gasteiger partial charge in [0.05, 0.1) is 38.3 Å². The van der Waals surface area contributed by atoms with Gasteiger partial charge in [0, 0.05) is 26.1 Å². The van der Waals surface area contributed by atoms with Crippen LogP contribution in [-0.4, -0.2) is 39.2 Å². The van der Waals surface area contributed by atoms with E-state index in [0.29, 0.717) is 34.7 Å². The van der Waals surface area contributed by atoms with Crippen LogP contribution in [-0.2, 0) is 29.5 Å². The smallest absolute Gasteiger partial charge is 0.335 e. The molecule has 0 aliphatic heterocycles. The van der Waals surface area contributed by atoms with Crippen molar-refractivity contribution >= 4 is 46.0 Å². The fourth-order valence-corrected chi connectivity index (χ4v) is 5.32. The maximum atomic E-state index is 13.6. The Kier molecular flexibility index (Phi) is 10.7. The normalized spacial score (nSPS) is 12.7. The third-order valence-electron chi connectivity index (χ3n) is 7.37. The summed E-state index contributed by atoms with van der Waals surface area (Å²) in [4.78, 5) is 52.9. The molecule has 232 valence electrons. The fourth-order valence-electron chi connectivity index (χ4n) is 4.75. The molecule has 3 aromatic carbocycles. The summed E-state index contributed by atoms with van der Waals surface area (Å²) in [5, 5.41) is 6.84. The molecular formula is C33H36Cl2N4O5. The number of halogens is 2. The molecule has 2 N–H and O–H groups in total. The van der Waals surface area contributed by atoms with E-state index in [1.807, 2.05) is 12.1 Å². The summed E-state index contributed by atoms with van der Waals surface area (Å²) in [7, 11) is 1.63. The van der Waals surface area contributed by atoms with E-state index in [2.05, 4.69) is 24.5 Å². The lowest BCUT2D eigenvalue weighted by Gasteiger charge is -2.20. The Morgan fingerprint density at radius 2 is 1.57 bits per heavy atom. The Morgan fingerprint density at radius 3 is 2.18 bits per heavy atom. The molecule has 44 heavy (non-hydrogen) atoms. The van der Waals surface area contributed by atoms with E-state index in [1.54, 1.807) is 57.3 Å². The Labute approximate surface area is 265 Å². The van der Waals surface area contributed by atoms with Crippen LogP contribution < -0.4 is 21.9 Å². The predicted molar refractivity (Wildman–Crippen MR) is 174 cm³/mol. The molecule has 11 heteroatoms. The lowest BCUT2D eigenvalue weighted by molar-refractivity contribution is -0.149. The standard InChI is InChI=1S/C33H36Cl2N4O5/c1-6-20(4)36-18-22-12-15-28-24(16-22)31(41)39(33(43)38(28)5)23-13-10-21(11-14-23)17-27(32(42)44-19(2)3)37-30(40)29-25(34)8-7-9-26(29)35/h7-16,19-20,27,36H,6,17-18H2,1-5H3,(H,37,40)/t20?,27-/m0/s1. The highest BCUT2D eigenvalue weighted by molar-refractivity contribution is 6.39. The van der Waals surface area contributed by atoms with E-state index < -0.39 is 35.3 Å². The van der Waals surface area contributed by atoms with Gasteiger partial charge in [0.15, 0.2) is 0 Å². The number of ether oxygens (including phenoxy) is 1. The van der Waals surface area contributed by atoms with E-state index in [1.165, 1.54) is 16.7 Å². The summed E-state index contributed by atoms with van der Waals surface area (Å²) in [6.07, 6.45) is 0.652. The lowest BCUT2D eigenvalue weighted by Crippen LogP contribution is -2.44. The van der Waals surface area contributed by atoms with Crippen molar-refractivity contribution in [1.29, 1.82) is 0 Å². The predicted octanol–water partition coefficient (Wildman–Crippen LogP) is 5.18. The van der Waals surface area contributed by atoms with Gasteiger partial charge in [-0.1, -0.05) is 54.4 Å². The Morgan fingerprint density at radius 1 is 0.932 bits per heavy atom. The van der Waals surface area contributed by atoms with Crippen LogP contribution in [0.3, 0.4) is 0 Å².